The first-order valence-electron chi connectivity index (χ1n) is 9.65. The van der Waals surface area contributed by atoms with E-state index in [-0.39, 0.29) is 18.0 Å². The number of hydrogen-bond acceptors (Lipinski definition) is 6. The summed E-state index contributed by atoms with van der Waals surface area (Å²) in [7, 11) is -3.96. The van der Waals surface area contributed by atoms with Gasteiger partial charge in [0, 0.05) is 57.1 Å². The van der Waals surface area contributed by atoms with Gasteiger partial charge in [0.1, 0.15) is 17.5 Å². The fraction of sp³-hybridized carbons (Fsp3) is 0.474. The van der Waals surface area contributed by atoms with Crippen LogP contribution in [0.2, 0.25) is 0 Å². The summed E-state index contributed by atoms with van der Waals surface area (Å²) in [6.45, 7) is 5.07. The zero-order valence-electron chi connectivity index (χ0n) is 16.2. The molecular weight excluding hydrogens is 400 g/mol. The molecule has 0 bridgehead atoms. The van der Waals surface area contributed by atoms with Crippen LogP contribution in [-0.4, -0.2) is 62.0 Å². The minimum atomic E-state index is -3.96. The van der Waals surface area contributed by atoms with Gasteiger partial charge in [0.25, 0.3) is 0 Å². The molecule has 4 rings (SSSR count). The lowest BCUT2D eigenvalue weighted by molar-refractivity contribution is 0.382. The molecule has 2 saturated heterocycles. The Kier molecular flexibility index (Phi) is 5.39. The fourth-order valence-electron chi connectivity index (χ4n) is 3.74. The zero-order valence-corrected chi connectivity index (χ0v) is 17.0. The number of rotatable bonds is 4. The number of aromatic nitrogens is 2. The van der Waals surface area contributed by atoms with Crippen molar-refractivity contribution in [2.45, 2.75) is 24.7 Å². The number of aryl methyl sites for hydroxylation is 1. The highest BCUT2D eigenvalue weighted by molar-refractivity contribution is 7.89. The van der Waals surface area contributed by atoms with E-state index in [1.165, 1.54) is 4.31 Å². The van der Waals surface area contributed by atoms with E-state index in [1.807, 2.05) is 17.9 Å². The Morgan fingerprint density at radius 2 is 1.45 bits per heavy atom. The number of anilines is 2. The second-order valence-corrected chi connectivity index (χ2v) is 9.30. The molecule has 3 heterocycles. The third-order valence-corrected chi connectivity index (χ3v) is 7.13. The molecule has 2 fully saturated rings. The van der Waals surface area contributed by atoms with Crippen molar-refractivity contribution >= 4 is 21.8 Å². The predicted octanol–water partition coefficient (Wildman–Crippen LogP) is 2.17. The highest BCUT2D eigenvalue weighted by Crippen LogP contribution is 2.24. The Hall–Kier alpha value is -2.33. The number of nitrogens with zero attached hydrogens (tertiary/aromatic N) is 5. The van der Waals surface area contributed by atoms with Crippen molar-refractivity contribution in [1.82, 2.24) is 14.3 Å². The highest BCUT2D eigenvalue weighted by atomic mass is 32.2. The summed E-state index contributed by atoms with van der Waals surface area (Å²) >= 11 is 0. The lowest BCUT2D eigenvalue weighted by atomic mass is 10.3. The van der Waals surface area contributed by atoms with E-state index >= 15 is 0 Å². The molecule has 0 aliphatic carbocycles. The van der Waals surface area contributed by atoms with Gasteiger partial charge in [0.15, 0.2) is 0 Å². The summed E-state index contributed by atoms with van der Waals surface area (Å²) in [5, 5.41) is 0. The van der Waals surface area contributed by atoms with Gasteiger partial charge < -0.3 is 9.80 Å². The standard InChI is InChI=1S/C19H23F2N5O2S/c1-14-10-18(24-4-2-3-5-24)23-19(22-14)25-6-8-26(9-7-25)29(27,28)17-12-15(20)11-16(21)13-17/h10-13H,2-9H2,1H3. The van der Waals surface area contributed by atoms with E-state index in [0.717, 1.165) is 49.6 Å². The molecule has 2 aromatic rings. The van der Waals surface area contributed by atoms with Crippen molar-refractivity contribution in [1.29, 1.82) is 0 Å². The number of piperazine rings is 1. The van der Waals surface area contributed by atoms with E-state index in [1.54, 1.807) is 0 Å². The SMILES string of the molecule is Cc1cc(N2CCCC2)nc(N2CCN(S(=O)(=O)c3cc(F)cc(F)c3)CC2)n1. The van der Waals surface area contributed by atoms with Gasteiger partial charge in [-0.25, -0.2) is 22.2 Å². The zero-order chi connectivity index (χ0) is 20.6. The van der Waals surface area contributed by atoms with Gasteiger partial charge >= 0.3 is 0 Å². The van der Waals surface area contributed by atoms with Crippen LogP contribution in [0.5, 0.6) is 0 Å². The van der Waals surface area contributed by atoms with Crippen LogP contribution in [0.1, 0.15) is 18.5 Å². The molecule has 2 aliphatic rings. The minimum absolute atomic E-state index is 0.191. The van der Waals surface area contributed by atoms with Gasteiger partial charge in [-0.3, -0.25) is 0 Å². The van der Waals surface area contributed by atoms with Crippen molar-refractivity contribution in [3.63, 3.8) is 0 Å². The molecule has 1 aromatic heterocycles. The smallest absolute Gasteiger partial charge is 0.243 e. The van der Waals surface area contributed by atoms with Crippen molar-refractivity contribution in [2.75, 3.05) is 49.1 Å². The molecule has 1 aromatic carbocycles. The topological polar surface area (TPSA) is 69.6 Å². The Morgan fingerprint density at radius 3 is 2.07 bits per heavy atom. The van der Waals surface area contributed by atoms with E-state index in [2.05, 4.69) is 14.9 Å². The first-order chi connectivity index (χ1) is 13.8. The second kappa shape index (κ2) is 7.83. The predicted molar refractivity (Wildman–Crippen MR) is 106 cm³/mol. The molecule has 0 radical (unpaired) electrons. The Labute approximate surface area is 169 Å². The van der Waals surface area contributed by atoms with Crippen LogP contribution in [0.4, 0.5) is 20.5 Å². The third-order valence-electron chi connectivity index (χ3n) is 5.25. The van der Waals surface area contributed by atoms with Gasteiger partial charge in [-0.1, -0.05) is 0 Å². The summed E-state index contributed by atoms with van der Waals surface area (Å²) in [4.78, 5) is 13.0. The molecule has 29 heavy (non-hydrogen) atoms. The molecule has 0 atom stereocenters. The van der Waals surface area contributed by atoms with Gasteiger partial charge in [0.05, 0.1) is 4.90 Å². The quantitative estimate of drug-likeness (QED) is 0.751. The second-order valence-electron chi connectivity index (χ2n) is 7.36. The van der Waals surface area contributed by atoms with Crippen LogP contribution in [0.15, 0.2) is 29.2 Å². The molecule has 2 aliphatic heterocycles. The first-order valence-corrected chi connectivity index (χ1v) is 11.1. The largest absolute Gasteiger partial charge is 0.356 e. The van der Waals surface area contributed by atoms with Crippen LogP contribution in [-0.2, 0) is 10.0 Å². The number of sulfonamides is 1. The maximum absolute atomic E-state index is 13.5. The summed E-state index contributed by atoms with van der Waals surface area (Å²) in [5.41, 5.74) is 0.863. The maximum atomic E-state index is 13.5. The lowest BCUT2D eigenvalue weighted by Gasteiger charge is -2.34. The van der Waals surface area contributed by atoms with Gasteiger partial charge in [-0.2, -0.15) is 9.29 Å². The van der Waals surface area contributed by atoms with E-state index < -0.39 is 21.7 Å². The van der Waals surface area contributed by atoms with E-state index in [0.29, 0.717) is 25.1 Å². The molecule has 7 nitrogen and oxygen atoms in total. The molecule has 0 N–H and O–H groups in total. The molecule has 0 amide bonds. The number of halogens is 2. The van der Waals surface area contributed by atoms with Crippen molar-refractivity contribution in [2.24, 2.45) is 0 Å². The Balaban J connectivity index is 1.49. The molecular formula is C19H23F2N5O2S. The van der Waals surface area contributed by atoms with Crippen LogP contribution < -0.4 is 9.80 Å². The van der Waals surface area contributed by atoms with Crippen molar-refractivity contribution in [3.8, 4) is 0 Å². The van der Waals surface area contributed by atoms with Crippen molar-refractivity contribution < 1.29 is 17.2 Å². The number of hydrogen-bond donors (Lipinski definition) is 0. The fourth-order valence-corrected chi connectivity index (χ4v) is 5.21. The van der Waals surface area contributed by atoms with Crippen LogP contribution in [0, 0.1) is 18.6 Å². The summed E-state index contributed by atoms with van der Waals surface area (Å²) < 4.78 is 53.7. The lowest BCUT2D eigenvalue weighted by Crippen LogP contribution is -2.49. The minimum Gasteiger partial charge on any atom is -0.356 e. The molecule has 0 saturated carbocycles. The monoisotopic (exact) mass is 423 g/mol. The van der Waals surface area contributed by atoms with Gasteiger partial charge in [0.2, 0.25) is 16.0 Å². The van der Waals surface area contributed by atoms with Crippen molar-refractivity contribution in [3.05, 3.63) is 41.6 Å². The highest BCUT2D eigenvalue weighted by Gasteiger charge is 2.30. The van der Waals surface area contributed by atoms with E-state index in [9.17, 15) is 17.2 Å². The van der Waals surface area contributed by atoms with Crippen LogP contribution >= 0.6 is 0 Å². The maximum Gasteiger partial charge on any atom is 0.243 e. The average Bonchev–Trinajstić information content (AvgIpc) is 3.22. The van der Waals surface area contributed by atoms with Crippen LogP contribution in [0.3, 0.4) is 0 Å². The van der Waals surface area contributed by atoms with Gasteiger partial charge in [-0.15, -0.1) is 0 Å². The normalized spacial score (nSPS) is 18.4. The molecule has 10 heteroatoms. The molecule has 0 spiro atoms. The number of benzene rings is 1. The average molecular weight is 423 g/mol. The Morgan fingerprint density at radius 1 is 0.828 bits per heavy atom. The van der Waals surface area contributed by atoms with E-state index in [4.69, 9.17) is 0 Å². The summed E-state index contributed by atoms with van der Waals surface area (Å²) in [6.07, 6.45) is 2.30. The Bertz CT molecular complexity index is 983. The van der Waals surface area contributed by atoms with Gasteiger partial charge in [-0.05, 0) is 31.9 Å². The molecule has 156 valence electrons. The van der Waals surface area contributed by atoms with Crippen LogP contribution in [0.25, 0.3) is 0 Å². The third kappa shape index (κ3) is 4.18. The summed E-state index contributed by atoms with van der Waals surface area (Å²) in [5.74, 6) is -0.342. The summed E-state index contributed by atoms with van der Waals surface area (Å²) in [6, 6.07) is 4.31. The first kappa shape index (κ1) is 20.0. The molecule has 0 unspecified atom stereocenters.